The van der Waals surface area contributed by atoms with Crippen LogP contribution >= 0.6 is 0 Å². The van der Waals surface area contributed by atoms with E-state index in [1.54, 1.807) is 7.11 Å². The van der Waals surface area contributed by atoms with Crippen molar-refractivity contribution in [3.05, 3.63) is 0 Å². The lowest BCUT2D eigenvalue weighted by Crippen LogP contribution is -2.45. The molecule has 0 rings (SSSR count). The van der Waals surface area contributed by atoms with Gasteiger partial charge in [0.15, 0.2) is 0 Å². The molecule has 0 aromatic heterocycles. The Morgan fingerprint density at radius 3 is 2.16 bits per heavy atom. The Labute approximate surface area is 118 Å². The molecule has 0 aliphatic rings. The van der Waals surface area contributed by atoms with E-state index in [1.807, 2.05) is 6.92 Å². The van der Waals surface area contributed by atoms with Crippen molar-refractivity contribution in [2.45, 2.75) is 47.1 Å². The summed E-state index contributed by atoms with van der Waals surface area (Å²) < 4.78 is 4.95. The second-order valence-electron chi connectivity index (χ2n) is 5.92. The van der Waals surface area contributed by atoms with Crippen LogP contribution in [-0.2, 0) is 9.53 Å². The first-order valence-corrected chi connectivity index (χ1v) is 7.40. The van der Waals surface area contributed by atoms with E-state index in [0.29, 0.717) is 30.9 Å². The normalized spacial score (nSPS) is 13.3. The van der Waals surface area contributed by atoms with E-state index in [-0.39, 0.29) is 11.9 Å². The van der Waals surface area contributed by atoms with E-state index in [0.717, 1.165) is 13.0 Å². The molecule has 19 heavy (non-hydrogen) atoms. The van der Waals surface area contributed by atoms with Gasteiger partial charge < -0.3 is 15.4 Å². The number of rotatable bonds is 10. The molecule has 0 aromatic rings. The molecule has 1 amide bonds. The highest BCUT2D eigenvalue weighted by atomic mass is 16.5. The van der Waals surface area contributed by atoms with Crippen LogP contribution in [0.5, 0.6) is 0 Å². The first kappa shape index (κ1) is 18.4. The Bertz CT molecular complexity index is 234. The predicted octanol–water partition coefficient (Wildman–Crippen LogP) is 2.05. The number of carbonyl (C=O) groups is 1. The average Bonchev–Trinajstić information content (AvgIpc) is 2.33. The summed E-state index contributed by atoms with van der Waals surface area (Å²) in [5.41, 5.74) is 0. The molecule has 0 saturated carbocycles. The fraction of sp³-hybridized carbons (Fsp3) is 0.933. The van der Waals surface area contributed by atoms with Crippen molar-refractivity contribution in [3.63, 3.8) is 0 Å². The molecule has 0 spiro atoms. The van der Waals surface area contributed by atoms with Gasteiger partial charge in [-0.3, -0.25) is 4.79 Å². The highest BCUT2D eigenvalue weighted by Crippen LogP contribution is 2.19. The zero-order valence-electron chi connectivity index (χ0n) is 13.5. The molecule has 1 unspecified atom stereocenters. The first-order valence-electron chi connectivity index (χ1n) is 7.40. The van der Waals surface area contributed by atoms with Crippen LogP contribution in [0.15, 0.2) is 0 Å². The summed E-state index contributed by atoms with van der Waals surface area (Å²) in [7, 11) is 1.67. The maximum Gasteiger partial charge on any atom is 0.236 e. The van der Waals surface area contributed by atoms with E-state index in [9.17, 15) is 4.79 Å². The van der Waals surface area contributed by atoms with Crippen LogP contribution in [0.4, 0.5) is 0 Å². The summed E-state index contributed by atoms with van der Waals surface area (Å²) >= 11 is 0. The third-order valence-corrected chi connectivity index (χ3v) is 3.59. The van der Waals surface area contributed by atoms with E-state index in [1.165, 1.54) is 0 Å². The molecule has 4 heteroatoms. The predicted molar refractivity (Wildman–Crippen MR) is 80.1 cm³/mol. The molecule has 0 aromatic carbocycles. The van der Waals surface area contributed by atoms with Crippen molar-refractivity contribution in [2.75, 3.05) is 26.8 Å². The van der Waals surface area contributed by atoms with Crippen molar-refractivity contribution in [3.8, 4) is 0 Å². The Morgan fingerprint density at radius 2 is 1.68 bits per heavy atom. The Morgan fingerprint density at radius 1 is 1.11 bits per heavy atom. The van der Waals surface area contributed by atoms with Crippen LogP contribution in [0.25, 0.3) is 0 Å². The second-order valence-corrected chi connectivity index (χ2v) is 5.92. The molecule has 0 aliphatic heterocycles. The number of nitrogens with one attached hydrogen (secondary N) is 2. The summed E-state index contributed by atoms with van der Waals surface area (Å²) in [6.45, 7) is 13.1. The number of carbonyl (C=O) groups excluding carboxylic acids is 1. The fourth-order valence-corrected chi connectivity index (χ4v) is 2.23. The number of hydrogen-bond donors (Lipinski definition) is 2. The monoisotopic (exact) mass is 272 g/mol. The summed E-state index contributed by atoms with van der Waals surface area (Å²) in [5.74, 6) is 1.93. The first-order chi connectivity index (χ1) is 8.90. The van der Waals surface area contributed by atoms with Crippen molar-refractivity contribution >= 4 is 5.91 Å². The minimum absolute atomic E-state index is 0.0716. The number of amides is 1. The standard InChI is InChI=1S/C15H32N2O2/c1-11(2)14(12(3)4)10-17-13(5)15(18)16-8-7-9-19-6/h11-14,17H,7-10H2,1-6H3,(H,16,18). The third kappa shape index (κ3) is 8.22. The van der Waals surface area contributed by atoms with Gasteiger partial charge >= 0.3 is 0 Å². The SMILES string of the molecule is COCCCNC(=O)C(C)NCC(C(C)C)C(C)C. The Balaban J connectivity index is 3.94. The lowest BCUT2D eigenvalue weighted by Gasteiger charge is -2.26. The number of methoxy groups -OCH3 is 1. The van der Waals surface area contributed by atoms with Gasteiger partial charge in [0, 0.05) is 20.3 Å². The molecule has 0 saturated heterocycles. The van der Waals surface area contributed by atoms with Crippen molar-refractivity contribution in [1.29, 1.82) is 0 Å². The van der Waals surface area contributed by atoms with E-state index in [4.69, 9.17) is 4.74 Å². The average molecular weight is 272 g/mol. The van der Waals surface area contributed by atoms with Gasteiger partial charge in [-0.25, -0.2) is 0 Å². The van der Waals surface area contributed by atoms with E-state index in [2.05, 4.69) is 38.3 Å². The third-order valence-electron chi connectivity index (χ3n) is 3.59. The molecular weight excluding hydrogens is 240 g/mol. The highest BCUT2D eigenvalue weighted by molar-refractivity contribution is 5.81. The second kappa shape index (κ2) is 10.2. The molecule has 1 atom stereocenters. The van der Waals surface area contributed by atoms with Crippen LogP contribution in [0.3, 0.4) is 0 Å². The molecule has 0 heterocycles. The summed E-state index contributed by atoms with van der Waals surface area (Å²) in [6.07, 6.45) is 0.857. The molecule has 0 radical (unpaired) electrons. The van der Waals surface area contributed by atoms with Crippen LogP contribution in [0, 0.1) is 17.8 Å². The van der Waals surface area contributed by atoms with Crippen LogP contribution in [-0.4, -0.2) is 38.8 Å². The van der Waals surface area contributed by atoms with Crippen LogP contribution < -0.4 is 10.6 Å². The number of hydrogen-bond acceptors (Lipinski definition) is 3. The Hall–Kier alpha value is -0.610. The maximum absolute atomic E-state index is 11.8. The topological polar surface area (TPSA) is 50.4 Å². The highest BCUT2D eigenvalue weighted by Gasteiger charge is 2.19. The van der Waals surface area contributed by atoms with Gasteiger partial charge in [0.25, 0.3) is 0 Å². The molecule has 4 nitrogen and oxygen atoms in total. The molecule has 0 aliphatic carbocycles. The van der Waals surface area contributed by atoms with Gasteiger partial charge in [-0.2, -0.15) is 0 Å². The quantitative estimate of drug-likeness (QED) is 0.598. The summed E-state index contributed by atoms with van der Waals surface area (Å²) in [6, 6.07) is -0.137. The van der Waals surface area contributed by atoms with Crippen molar-refractivity contribution in [2.24, 2.45) is 17.8 Å². The zero-order valence-corrected chi connectivity index (χ0v) is 13.5. The molecule has 2 N–H and O–H groups in total. The lowest BCUT2D eigenvalue weighted by atomic mass is 9.85. The smallest absolute Gasteiger partial charge is 0.236 e. The van der Waals surface area contributed by atoms with E-state index >= 15 is 0 Å². The number of ether oxygens (including phenoxy) is 1. The molecule has 0 fully saturated rings. The van der Waals surface area contributed by atoms with Gasteiger partial charge in [-0.05, 0) is 37.6 Å². The lowest BCUT2D eigenvalue weighted by molar-refractivity contribution is -0.122. The largest absolute Gasteiger partial charge is 0.385 e. The van der Waals surface area contributed by atoms with Gasteiger partial charge in [0.2, 0.25) is 5.91 Å². The van der Waals surface area contributed by atoms with Crippen molar-refractivity contribution in [1.82, 2.24) is 10.6 Å². The molecular formula is C15H32N2O2. The van der Waals surface area contributed by atoms with E-state index < -0.39 is 0 Å². The van der Waals surface area contributed by atoms with Gasteiger partial charge in [-0.1, -0.05) is 27.7 Å². The zero-order chi connectivity index (χ0) is 14.8. The van der Waals surface area contributed by atoms with Crippen LogP contribution in [0.1, 0.15) is 41.0 Å². The maximum atomic E-state index is 11.8. The Kier molecular flexibility index (Phi) is 9.88. The van der Waals surface area contributed by atoms with Crippen LogP contribution in [0.2, 0.25) is 0 Å². The van der Waals surface area contributed by atoms with Gasteiger partial charge in [0.1, 0.15) is 0 Å². The minimum Gasteiger partial charge on any atom is -0.385 e. The molecule has 114 valence electrons. The summed E-state index contributed by atoms with van der Waals surface area (Å²) in [4.78, 5) is 11.8. The van der Waals surface area contributed by atoms with Crippen molar-refractivity contribution < 1.29 is 9.53 Å². The summed E-state index contributed by atoms with van der Waals surface area (Å²) in [5, 5.41) is 6.26. The minimum atomic E-state index is -0.137. The van der Waals surface area contributed by atoms with Gasteiger partial charge in [-0.15, -0.1) is 0 Å². The molecule has 0 bridgehead atoms. The van der Waals surface area contributed by atoms with Gasteiger partial charge in [0.05, 0.1) is 6.04 Å². The fourth-order valence-electron chi connectivity index (χ4n) is 2.23.